The maximum atomic E-state index is 12.2. The number of hydrogen-bond acceptors (Lipinski definition) is 5. The van der Waals surface area contributed by atoms with Gasteiger partial charge in [-0.25, -0.2) is 9.67 Å². The standard InChI is InChI=1S/C18H18N4O2S/c1-11-4-5-12(2)14(8-11)15-6-7-17(24)22(21-15)9-16(23)20-18-19-13(3)10-25-18/h4-8,10H,9H2,1-3H3,(H,19,20,23). The first kappa shape index (κ1) is 17.0. The third kappa shape index (κ3) is 4.00. The molecule has 1 amide bonds. The van der Waals surface area contributed by atoms with Crippen molar-refractivity contribution in [1.29, 1.82) is 0 Å². The molecular formula is C18H18N4O2S. The second-order valence-electron chi connectivity index (χ2n) is 5.88. The van der Waals surface area contributed by atoms with Gasteiger partial charge in [-0.1, -0.05) is 17.7 Å². The van der Waals surface area contributed by atoms with Crippen molar-refractivity contribution in [1.82, 2.24) is 14.8 Å². The summed E-state index contributed by atoms with van der Waals surface area (Å²) < 4.78 is 1.17. The van der Waals surface area contributed by atoms with Gasteiger partial charge >= 0.3 is 0 Å². The van der Waals surface area contributed by atoms with E-state index in [1.54, 1.807) is 6.07 Å². The van der Waals surface area contributed by atoms with E-state index in [4.69, 9.17) is 0 Å². The Balaban J connectivity index is 1.85. The Morgan fingerprint density at radius 1 is 1.20 bits per heavy atom. The van der Waals surface area contributed by atoms with Crippen LogP contribution < -0.4 is 10.9 Å². The van der Waals surface area contributed by atoms with E-state index in [0.717, 1.165) is 22.4 Å². The van der Waals surface area contributed by atoms with Gasteiger partial charge in [0.25, 0.3) is 5.56 Å². The number of carbonyl (C=O) groups is 1. The third-order valence-corrected chi connectivity index (χ3v) is 4.57. The molecule has 0 aliphatic heterocycles. The Bertz CT molecular complexity index is 991. The molecule has 25 heavy (non-hydrogen) atoms. The summed E-state index contributed by atoms with van der Waals surface area (Å²) in [5.74, 6) is -0.331. The van der Waals surface area contributed by atoms with Crippen LogP contribution in [0.3, 0.4) is 0 Å². The van der Waals surface area contributed by atoms with E-state index in [0.29, 0.717) is 10.8 Å². The van der Waals surface area contributed by atoms with Gasteiger partial charge in [0.2, 0.25) is 5.91 Å². The fraction of sp³-hybridized carbons (Fsp3) is 0.222. The summed E-state index contributed by atoms with van der Waals surface area (Å²) in [5, 5.41) is 9.41. The summed E-state index contributed by atoms with van der Waals surface area (Å²) in [6.07, 6.45) is 0. The van der Waals surface area contributed by atoms with E-state index in [9.17, 15) is 9.59 Å². The van der Waals surface area contributed by atoms with Crippen molar-refractivity contribution >= 4 is 22.4 Å². The molecule has 0 spiro atoms. The minimum atomic E-state index is -0.331. The highest BCUT2D eigenvalue weighted by Gasteiger charge is 2.11. The van der Waals surface area contributed by atoms with Gasteiger partial charge in [-0.2, -0.15) is 5.10 Å². The lowest BCUT2D eigenvalue weighted by molar-refractivity contribution is -0.117. The summed E-state index contributed by atoms with van der Waals surface area (Å²) in [4.78, 5) is 28.4. The predicted octanol–water partition coefficient (Wildman–Crippen LogP) is 2.93. The van der Waals surface area contributed by atoms with Crippen molar-refractivity contribution in [3.05, 3.63) is 62.9 Å². The molecule has 0 bridgehead atoms. The number of amides is 1. The monoisotopic (exact) mass is 354 g/mol. The molecular weight excluding hydrogens is 336 g/mol. The molecule has 6 nitrogen and oxygen atoms in total. The molecule has 3 rings (SSSR count). The van der Waals surface area contributed by atoms with Crippen LogP contribution in [0.4, 0.5) is 5.13 Å². The molecule has 2 heterocycles. The number of nitrogens with one attached hydrogen (secondary N) is 1. The Hall–Kier alpha value is -2.80. The molecule has 0 radical (unpaired) electrons. The second-order valence-corrected chi connectivity index (χ2v) is 6.73. The number of carbonyl (C=O) groups excluding carboxylic acids is 1. The molecule has 0 saturated carbocycles. The average molecular weight is 354 g/mol. The minimum absolute atomic E-state index is 0.157. The zero-order valence-corrected chi connectivity index (χ0v) is 15.1. The van der Waals surface area contributed by atoms with Gasteiger partial charge in [-0.3, -0.25) is 9.59 Å². The molecule has 1 N–H and O–H groups in total. The molecule has 7 heteroatoms. The molecule has 0 saturated heterocycles. The van der Waals surface area contributed by atoms with Gasteiger partial charge in [-0.05, 0) is 38.5 Å². The lowest BCUT2D eigenvalue weighted by atomic mass is 10.0. The summed E-state index contributed by atoms with van der Waals surface area (Å²) in [7, 11) is 0. The first-order chi connectivity index (χ1) is 11.9. The molecule has 0 fully saturated rings. The predicted molar refractivity (Wildman–Crippen MR) is 98.9 cm³/mol. The minimum Gasteiger partial charge on any atom is -0.300 e. The zero-order valence-electron chi connectivity index (χ0n) is 14.2. The highest BCUT2D eigenvalue weighted by atomic mass is 32.1. The van der Waals surface area contributed by atoms with E-state index in [1.807, 2.05) is 44.4 Å². The lowest BCUT2D eigenvalue weighted by Crippen LogP contribution is -2.29. The smallest absolute Gasteiger partial charge is 0.267 e. The number of anilines is 1. The quantitative estimate of drug-likeness (QED) is 0.781. The molecule has 0 atom stereocenters. The van der Waals surface area contributed by atoms with E-state index >= 15 is 0 Å². The van der Waals surface area contributed by atoms with Crippen LogP contribution in [0.25, 0.3) is 11.3 Å². The van der Waals surface area contributed by atoms with Gasteiger partial charge in [-0.15, -0.1) is 11.3 Å². The van der Waals surface area contributed by atoms with Crippen LogP contribution in [-0.4, -0.2) is 20.7 Å². The van der Waals surface area contributed by atoms with Crippen LogP contribution in [0.1, 0.15) is 16.8 Å². The SMILES string of the molecule is Cc1ccc(C)c(-c2ccc(=O)n(CC(=O)Nc3nc(C)cs3)n2)c1. The Morgan fingerprint density at radius 3 is 2.72 bits per heavy atom. The van der Waals surface area contributed by atoms with Crippen LogP contribution in [0.5, 0.6) is 0 Å². The number of thiazole rings is 1. The zero-order chi connectivity index (χ0) is 18.0. The number of nitrogens with zero attached hydrogens (tertiary/aromatic N) is 3. The number of benzene rings is 1. The maximum Gasteiger partial charge on any atom is 0.267 e. The van der Waals surface area contributed by atoms with E-state index < -0.39 is 0 Å². The molecule has 128 valence electrons. The summed E-state index contributed by atoms with van der Waals surface area (Å²) in [5.41, 5.74) is 4.30. The molecule has 0 aliphatic rings. The Labute approximate surface area is 149 Å². The van der Waals surface area contributed by atoms with Crippen molar-refractivity contribution in [2.24, 2.45) is 0 Å². The topological polar surface area (TPSA) is 76.9 Å². The second kappa shape index (κ2) is 6.98. The van der Waals surface area contributed by atoms with Gasteiger partial charge in [0.05, 0.1) is 11.4 Å². The van der Waals surface area contributed by atoms with Crippen LogP contribution in [0, 0.1) is 20.8 Å². The number of rotatable bonds is 4. The van der Waals surface area contributed by atoms with Crippen LogP contribution >= 0.6 is 11.3 Å². The highest BCUT2D eigenvalue weighted by Crippen LogP contribution is 2.21. The van der Waals surface area contributed by atoms with Crippen molar-refractivity contribution in [2.45, 2.75) is 27.3 Å². The third-order valence-electron chi connectivity index (χ3n) is 3.69. The van der Waals surface area contributed by atoms with Gasteiger partial charge in [0, 0.05) is 17.0 Å². The van der Waals surface area contributed by atoms with E-state index in [2.05, 4.69) is 15.4 Å². The summed E-state index contributed by atoms with van der Waals surface area (Å²) in [6.45, 7) is 5.69. The number of hydrogen-bond donors (Lipinski definition) is 1. The van der Waals surface area contributed by atoms with Crippen molar-refractivity contribution in [3.8, 4) is 11.3 Å². The average Bonchev–Trinajstić information content (AvgIpc) is 2.97. The molecule has 2 aromatic heterocycles. The van der Waals surface area contributed by atoms with Crippen molar-refractivity contribution < 1.29 is 4.79 Å². The lowest BCUT2D eigenvalue weighted by Gasteiger charge is -2.09. The van der Waals surface area contributed by atoms with Crippen LogP contribution in [0.15, 0.2) is 40.5 Å². The molecule has 1 aromatic carbocycles. The van der Waals surface area contributed by atoms with Gasteiger partial charge in [0.1, 0.15) is 6.54 Å². The van der Waals surface area contributed by atoms with E-state index in [-0.39, 0.29) is 18.0 Å². The van der Waals surface area contributed by atoms with E-state index in [1.165, 1.54) is 22.1 Å². The number of aryl methyl sites for hydroxylation is 3. The van der Waals surface area contributed by atoms with Crippen molar-refractivity contribution in [2.75, 3.05) is 5.32 Å². The summed E-state index contributed by atoms with van der Waals surface area (Å²) in [6, 6.07) is 9.18. The van der Waals surface area contributed by atoms with Crippen molar-refractivity contribution in [3.63, 3.8) is 0 Å². The first-order valence-corrected chi connectivity index (χ1v) is 8.68. The van der Waals surface area contributed by atoms with Crippen LogP contribution in [-0.2, 0) is 11.3 Å². The normalized spacial score (nSPS) is 10.7. The molecule has 3 aromatic rings. The first-order valence-electron chi connectivity index (χ1n) is 7.80. The Kier molecular flexibility index (Phi) is 4.76. The van der Waals surface area contributed by atoms with Gasteiger partial charge < -0.3 is 5.32 Å². The highest BCUT2D eigenvalue weighted by molar-refractivity contribution is 7.13. The summed E-state index contributed by atoms with van der Waals surface area (Å²) >= 11 is 1.35. The maximum absolute atomic E-state index is 12.2. The fourth-order valence-corrected chi connectivity index (χ4v) is 3.13. The van der Waals surface area contributed by atoms with Gasteiger partial charge in [0.15, 0.2) is 5.13 Å². The Morgan fingerprint density at radius 2 is 2.00 bits per heavy atom. The molecule has 0 unspecified atom stereocenters. The molecule has 0 aliphatic carbocycles. The fourth-order valence-electron chi connectivity index (χ4n) is 2.42. The van der Waals surface area contributed by atoms with Crippen LogP contribution in [0.2, 0.25) is 0 Å². The largest absolute Gasteiger partial charge is 0.300 e. The number of aromatic nitrogens is 3.